The van der Waals surface area contributed by atoms with Gasteiger partial charge in [0, 0.05) is 18.4 Å². The summed E-state index contributed by atoms with van der Waals surface area (Å²) in [5.41, 5.74) is 2.33. The molecule has 4 heterocycles. The molecule has 5 N–H and O–H groups in total. The first-order valence-electron chi connectivity index (χ1n) is 11.9. The summed E-state index contributed by atoms with van der Waals surface area (Å²) in [6.45, 7) is 3.83. The zero-order chi connectivity index (χ0) is 25.7. The van der Waals surface area contributed by atoms with Gasteiger partial charge in [-0.1, -0.05) is 6.08 Å². The second-order valence-corrected chi connectivity index (χ2v) is 9.55. The standard InChI is InChI=1S/C25H31NO10/c1-3-12-14-7-16-13-8-17(28)18(33-2)6-11(13)4-5-26(16)23(32)15(14)10-34-24(12)36-25-22(31)21(30)20(29)19(9-27)35-25/h3,6,8,10,12,14,16,19-22,24-25,27-31H,1,4-5,7,9H2,2H3/t12?,14-,16-,19-,20-,21+,22-,24+,25+/m1/s1. The Morgan fingerprint density at radius 1 is 1.19 bits per heavy atom. The monoisotopic (exact) mass is 505 g/mol. The van der Waals surface area contributed by atoms with Crippen LogP contribution in [0.15, 0.2) is 36.6 Å². The Labute approximate surface area is 207 Å². The first-order valence-corrected chi connectivity index (χ1v) is 11.9. The van der Waals surface area contributed by atoms with Gasteiger partial charge < -0.3 is 49.4 Å². The molecule has 0 aliphatic carbocycles. The summed E-state index contributed by atoms with van der Waals surface area (Å²) in [6.07, 6.45) is -4.10. The van der Waals surface area contributed by atoms with Crippen LogP contribution in [-0.4, -0.2) is 93.6 Å². The summed E-state index contributed by atoms with van der Waals surface area (Å²) >= 11 is 0. The number of piperidine rings is 1. The van der Waals surface area contributed by atoms with Gasteiger partial charge in [0.15, 0.2) is 17.8 Å². The van der Waals surface area contributed by atoms with Gasteiger partial charge in [0.05, 0.1) is 31.6 Å². The van der Waals surface area contributed by atoms with Crippen LogP contribution in [0.1, 0.15) is 23.6 Å². The maximum absolute atomic E-state index is 13.4. The van der Waals surface area contributed by atoms with E-state index in [-0.39, 0.29) is 23.6 Å². The van der Waals surface area contributed by atoms with E-state index in [1.54, 1.807) is 23.1 Å². The molecule has 0 radical (unpaired) electrons. The minimum atomic E-state index is -1.59. The van der Waals surface area contributed by atoms with Crippen molar-refractivity contribution in [3.05, 3.63) is 47.7 Å². The normalized spacial score (nSPS) is 37.7. The van der Waals surface area contributed by atoms with E-state index in [4.69, 9.17) is 18.9 Å². The van der Waals surface area contributed by atoms with Crippen molar-refractivity contribution in [3.8, 4) is 11.5 Å². The third kappa shape index (κ3) is 3.96. The molecule has 2 fully saturated rings. The molecule has 0 bridgehead atoms. The number of methoxy groups -OCH3 is 1. The van der Waals surface area contributed by atoms with Crippen LogP contribution in [0.4, 0.5) is 0 Å². The number of phenolic OH excluding ortho intramolecular Hbond substituents is 1. The number of ether oxygens (including phenoxy) is 4. The van der Waals surface area contributed by atoms with Crippen molar-refractivity contribution in [2.75, 3.05) is 20.3 Å². The average Bonchev–Trinajstić information content (AvgIpc) is 2.88. The van der Waals surface area contributed by atoms with Crippen LogP contribution in [0.3, 0.4) is 0 Å². The summed E-state index contributed by atoms with van der Waals surface area (Å²) < 4.78 is 22.3. The number of phenols is 1. The molecule has 1 aromatic rings. The minimum absolute atomic E-state index is 0.00274. The van der Waals surface area contributed by atoms with E-state index in [0.717, 1.165) is 11.1 Å². The number of benzene rings is 1. The van der Waals surface area contributed by atoms with Crippen LogP contribution in [0.25, 0.3) is 0 Å². The number of rotatable bonds is 5. The molecule has 4 aliphatic rings. The van der Waals surface area contributed by atoms with E-state index < -0.39 is 49.5 Å². The third-order valence-corrected chi connectivity index (χ3v) is 7.68. The Morgan fingerprint density at radius 3 is 2.67 bits per heavy atom. The fourth-order valence-electron chi connectivity index (χ4n) is 5.70. The van der Waals surface area contributed by atoms with Crippen LogP contribution in [-0.2, 0) is 25.4 Å². The fourth-order valence-corrected chi connectivity index (χ4v) is 5.70. The predicted molar refractivity (Wildman–Crippen MR) is 122 cm³/mol. The van der Waals surface area contributed by atoms with Crippen molar-refractivity contribution >= 4 is 5.91 Å². The zero-order valence-electron chi connectivity index (χ0n) is 19.8. The summed E-state index contributed by atoms with van der Waals surface area (Å²) in [4.78, 5) is 15.2. The molecule has 1 amide bonds. The third-order valence-electron chi connectivity index (χ3n) is 7.68. The number of amides is 1. The number of nitrogens with zero attached hydrogens (tertiary/aromatic N) is 1. The van der Waals surface area contributed by atoms with Crippen LogP contribution < -0.4 is 4.74 Å². The fraction of sp³-hybridized carbons (Fsp3) is 0.560. The Bertz CT molecular complexity index is 1060. The van der Waals surface area contributed by atoms with Gasteiger partial charge in [-0.15, -0.1) is 6.58 Å². The van der Waals surface area contributed by atoms with Gasteiger partial charge in [-0.3, -0.25) is 4.79 Å². The van der Waals surface area contributed by atoms with E-state index in [1.165, 1.54) is 13.4 Å². The molecular formula is C25H31NO10. The van der Waals surface area contributed by atoms with Crippen molar-refractivity contribution in [1.82, 2.24) is 4.90 Å². The van der Waals surface area contributed by atoms with Gasteiger partial charge in [0.25, 0.3) is 5.91 Å². The highest BCUT2D eigenvalue weighted by Gasteiger charge is 2.50. The number of aromatic hydroxyl groups is 1. The maximum Gasteiger partial charge on any atom is 0.253 e. The molecular weight excluding hydrogens is 474 g/mol. The lowest BCUT2D eigenvalue weighted by Gasteiger charge is -2.48. The number of hydrogen-bond donors (Lipinski definition) is 5. The SMILES string of the molecule is C=CC1[C@H](O[C@@H]2O[C@H](CO)[C@@H](O)[C@H](O)[C@H]2O)OC=C2C(=O)N3CCc4cc(OC)c(O)cc4[C@H]3C[C@@H]21. The maximum atomic E-state index is 13.4. The Morgan fingerprint density at radius 2 is 1.97 bits per heavy atom. The summed E-state index contributed by atoms with van der Waals surface area (Å²) in [5, 5.41) is 50.4. The second-order valence-electron chi connectivity index (χ2n) is 9.55. The second kappa shape index (κ2) is 9.66. The van der Waals surface area contributed by atoms with E-state index in [0.29, 0.717) is 30.7 Å². The molecule has 5 rings (SSSR count). The predicted octanol–water partition coefficient (Wildman–Crippen LogP) is -0.295. The van der Waals surface area contributed by atoms with Crippen LogP contribution in [0.2, 0.25) is 0 Å². The topological polar surface area (TPSA) is 158 Å². The van der Waals surface area contributed by atoms with Crippen molar-refractivity contribution < 1.29 is 49.3 Å². The molecule has 0 spiro atoms. The minimum Gasteiger partial charge on any atom is -0.504 e. The van der Waals surface area contributed by atoms with Gasteiger partial charge >= 0.3 is 0 Å². The quantitative estimate of drug-likeness (QED) is 0.337. The van der Waals surface area contributed by atoms with Gasteiger partial charge in [-0.25, -0.2) is 0 Å². The lowest BCUT2D eigenvalue weighted by atomic mass is 9.73. The first-order chi connectivity index (χ1) is 17.3. The largest absolute Gasteiger partial charge is 0.504 e. The number of carbonyl (C=O) groups excluding carboxylic acids is 1. The molecule has 11 nitrogen and oxygen atoms in total. The van der Waals surface area contributed by atoms with Gasteiger partial charge in [0.1, 0.15) is 24.4 Å². The molecule has 36 heavy (non-hydrogen) atoms. The molecule has 1 aromatic carbocycles. The van der Waals surface area contributed by atoms with Gasteiger partial charge in [0.2, 0.25) is 6.29 Å². The van der Waals surface area contributed by atoms with E-state index >= 15 is 0 Å². The molecule has 11 heteroatoms. The van der Waals surface area contributed by atoms with Crippen LogP contribution in [0, 0.1) is 11.8 Å². The molecule has 1 unspecified atom stereocenters. The van der Waals surface area contributed by atoms with Gasteiger partial charge in [-0.2, -0.15) is 0 Å². The molecule has 0 saturated carbocycles. The van der Waals surface area contributed by atoms with Gasteiger partial charge in [-0.05, 0) is 36.1 Å². The molecule has 2 saturated heterocycles. The number of aliphatic hydroxyl groups is 4. The summed E-state index contributed by atoms with van der Waals surface area (Å²) in [5.74, 6) is -0.637. The van der Waals surface area contributed by atoms with Crippen molar-refractivity contribution in [2.45, 2.75) is 55.9 Å². The van der Waals surface area contributed by atoms with E-state index in [9.17, 15) is 30.3 Å². The average molecular weight is 506 g/mol. The highest BCUT2D eigenvalue weighted by Crippen LogP contribution is 2.49. The smallest absolute Gasteiger partial charge is 0.253 e. The lowest BCUT2D eigenvalue weighted by Crippen LogP contribution is -2.60. The molecule has 9 atom stereocenters. The number of hydrogen-bond acceptors (Lipinski definition) is 10. The summed E-state index contributed by atoms with van der Waals surface area (Å²) in [7, 11) is 1.49. The molecule has 196 valence electrons. The summed E-state index contributed by atoms with van der Waals surface area (Å²) in [6, 6.07) is 3.17. The van der Waals surface area contributed by atoms with Crippen molar-refractivity contribution in [3.63, 3.8) is 0 Å². The number of fused-ring (bicyclic) bond motifs is 4. The van der Waals surface area contributed by atoms with Crippen LogP contribution in [0.5, 0.6) is 11.5 Å². The van der Waals surface area contributed by atoms with Crippen LogP contribution >= 0.6 is 0 Å². The first kappa shape index (κ1) is 25.0. The number of aliphatic hydroxyl groups excluding tert-OH is 4. The van der Waals surface area contributed by atoms with Crippen molar-refractivity contribution in [1.29, 1.82) is 0 Å². The Balaban J connectivity index is 1.41. The zero-order valence-corrected chi connectivity index (χ0v) is 19.8. The number of carbonyl (C=O) groups is 1. The Kier molecular flexibility index (Phi) is 6.70. The van der Waals surface area contributed by atoms with E-state index in [1.807, 2.05) is 0 Å². The Hall–Kier alpha value is -2.67. The van der Waals surface area contributed by atoms with Crippen molar-refractivity contribution in [2.24, 2.45) is 11.8 Å². The molecule has 0 aromatic heterocycles. The molecule has 4 aliphatic heterocycles. The highest BCUT2D eigenvalue weighted by atomic mass is 16.8. The highest BCUT2D eigenvalue weighted by molar-refractivity contribution is 5.95. The van der Waals surface area contributed by atoms with E-state index in [2.05, 4.69) is 6.58 Å². The lowest BCUT2D eigenvalue weighted by molar-refractivity contribution is -0.339.